The van der Waals surface area contributed by atoms with E-state index in [0.717, 1.165) is 11.0 Å². The summed E-state index contributed by atoms with van der Waals surface area (Å²) in [6.07, 6.45) is 0. The van der Waals surface area contributed by atoms with Crippen LogP contribution in [0.15, 0.2) is 36.4 Å². The first-order valence-corrected chi connectivity index (χ1v) is 6.72. The molecule has 1 heterocycles. The summed E-state index contributed by atoms with van der Waals surface area (Å²) in [7, 11) is 0. The van der Waals surface area contributed by atoms with E-state index < -0.39 is 16.7 Å². The molecule has 6 nitrogen and oxygen atoms in total. The number of halogens is 1. The Balaban J connectivity index is 2.12. The first-order valence-electron chi connectivity index (χ1n) is 6.34. The van der Waals surface area contributed by atoms with Crippen LogP contribution in [0, 0.1) is 17.0 Å². The Morgan fingerprint density at radius 2 is 1.86 bits per heavy atom. The average Bonchev–Trinajstić information content (AvgIpc) is 2.72. The van der Waals surface area contributed by atoms with Crippen molar-refractivity contribution in [2.45, 2.75) is 6.92 Å². The maximum Gasteiger partial charge on any atom is 0.271 e. The van der Waals surface area contributed by atoms with Crippen LogP contribution in [0.3, 0.4) is 0 Å². The van der Waals surface area contributed by atoms with Gasteiger partial charge in [-0.05, 0) is 24.6 Å². The monoisotopic (exact) mass is 316 g/mol. The number of aryl methyl sites for hydroxylation is 1. The molecule has 2 amide bonds. The summed E-state index contributed by atoms with van der Waals surface area (Å²) >= 11 is 6.02. The summed E-state index contributed by atoms with van der Waals surface area (Å²) in [5.74, 6) is -0.965. The number of carbonyl (C=O) groups excluding carboxylic acids is 2. The topological polar surface area (TPSA) is 80.5 Å². The molecular formula is C15H9ClN2O4. The van der Waals surface area contributed by atoms with Crippen molar-refractivity contribution >= 4 is 34.8 Å². The van der Waals surface area contributed by atoms with Crippen LogP contribution < -0.4 is 4.90 Å². The normalized spacial score (nSPS) is 13.5. The summed E-state index contributed by atoms with van der Waals surface area (Å²) < 4.78 is 0. The van der Waals surface area contributed by atoms with Crippen LogP contribution in [0.2, 0.25) is 5.02 Å². The van der Waals surface area contributed by atoms with E-state index in [1.807, 2.05) is 0 Å². The lowest BCUT2D eigenvalue weighted by Gasteiger charge is -2.15. The highest BCUT2D eigenvalue weighted by molar-refractivity contribution is 6.40. The molecule has 7 heteroatoms. The van der Waals surface area contributed by atoms with Crippen LogP contribution in [0.25, 0.3) is 0 Å². The van der Waals surface area contributed by atoms with E-state index >= 15 is 0 Å². The molecule has 0 fully saturated rings. The predicted molar refractivity (Wildman–Crippen MR) is 80.4 cm³/mol. The Morgan fingerprint density at radius 1 is 1.14 bits per heavy atom. The third-order valence-electron chi connectivity index (χ3n) is 3.51. The van der Waals surface area contributed by atoms with Gasteiger partial charge in [-0.2, -0.15) is 0 Å². The molecule has 0 saturated carbocycles. The molecule has 2 aromatic rings. The zero-order valence-electron chi connectivity index (χ0n) is 11.4. The largest absolute Gasteiger partial charge is 0.271 e. The number of hydrogen-bond acceptors (Lipinski definition) is 4. The molecule has 0 atom stereocenters. The molecule has 0 spiro atoms. The number of rotatable bonds is 2. The molecule has 0 radical (unpaired) electrons. The number of nitro groups is 1. The standard InChI is InChI=1S/C15H9ClN2O4/c1-8-3-2-4-10-13(8)15(20)17(14(10)19)12-6-5-9(18(21)22)7-11(12)16/h2-7H,1H3. The minimum Gasteiger partial charge on any atom is -0.268 e. The fourth-order valence-corrected chi connectivity index (χ4v) is 2.72. The number of amides is 2. The first-order chi connectivity index (χ1) is 10.4. The molecule has 0 aliphatic carbocycles. The molecular weight excluding hydrogens is 308 g/mol. The Labute approximate surface area is 130 Å². The van der Waals surface area contributed by atoms with Gasteiger partial charge in [-0.15, -0.1) is 0 Å². The minimum atomic E-state index is -0.595. The van der Waals surface area contributed by atoms with Crippen molar-refractivity contribution in [3.05, 3.63) is 68.2 Å². The van der Waals surface area contributed by atoms with Gasteiger partial charge in [0, 0.05) is 12.1 Å². The van der Waals surface area contributed by atoms with Crippen molar-refractivity contribution < 1.29 is 14.5 Å². The van der Waals surface area contributed by atoms with Crippen molar-refractivity contribution in [2.24, 2.45) is 0 Å². The number of hydrogen-bond donors (Lipinski definition) is 0. The number of nitro benzene ring substituents is 1. The van der Waals surface area contributed by atoms with Gasteiger partial charge in [0.1, 0.15) is 0 Å². The second-order valence-electron chi connectivity index (χ2n) is 4.84. The second kappa shape index (κ2) is 4.92. The van der Waals surface area contributed by atoms with E-state index in [0.29, 0.717) is 16.7 Å². The lowest BCUT2D eigenvalue weighted by atomic mass is 10.0. The molecule has 0 N–H and O–H groups in total. The Bertz CT molecular complexity index is 847. The van der Waals surface area contributed by atoms with Crippen LogP contribution in [0.4, 0.5) is 11.4 Å². The maximum atomic E-state index is 12.5. The summed E-state index contributed by atoms with van der Waals surface area (Å²) in [4.78, 5) is 36.0. The highest BCUT2D eigenvalue weighted by Gasteiger charge is 2.38. The van der Waals surface area contributed by atoms with Crippen LogP contribution in [0.5, 0.6) is 0 Å². The fraction of sp³-hybridized carbons (Fsp3) is 0.0667. The number of imide groups is 1. The molecule has 0 unspecified atom stereocenters. The zero-order valence-corrected chi connectivity index (χ0v) is 12.1. The molecule has 1 aliphatic rings. The van der Waals surface area contributed by atoms with Crippen molar-refractivity contribution in [3.63, 3.8) is 0 Å². The van der Waals surface area contributed by atoms with Gasteiger partial charge in [-0.1, -0.05) is 23.7 Å². The van der Waals surface area contributed by atoms with Gasteiger partial charge in [-0.25, -0.2) is 4.90 Å². The van der Waals surface area contributed by atoms with Crippen molar-refractivity contribution in [2.75, 3.05) is 4.90 Å². The smallest absolute Gasteiger partial charge is 0.268 e. The van der Waals surface area contributed by atoms with Crippen LogP contribution >= 0.6 is 11.6 Å². The molecule has 0 saturated heterocycles. The van der Waals surface area contributed by atoms with Gasteiger partial charge < -0.3 is 0 Å². The third kappa shape index (κ3) is 1.96. The Hall–Kier alpha value is -2.73. The third-order valence-corrected chi connectivity index (χ3v) is 3.81. The molecule has 0 aromatic heterocycles. The predicted octanol–water partition coefficient (Wildman–Crippen LogP) is 3.36. The zero-order chi connectivity index (χ0) is 16.0. The lowest BCUT2D eigenvalue weighted by Crippen LogP contribution is -2.29. The Morgan fingerprint density at radius 3 is 2.45 bits per heavy atom. The number of anilines is 1. The number of benzene rings is 2. The molecule has 3 rings (SSSR count). The van der Waals surface area contributed by atoms with E-state index in [-0.39, 0.29) is 16.4 Å². The van der Waals surface area contributed by atoms with E-state index in [9.17, 15) is 19.7 Å². The maximum absolute atomic E-state index is 12.5. The molecule has 2 aromatic carbocycles. The van der Waals surface area contributed by atoms with E-state index in [1.165, 1.54) is 12.1 Å². The van der Waals surface area contributed by atoms with Crippen LogP contribution in [-0.2, 0) is 0 Å². The first kappa shape index (κ1) is 14.2. The van der Waals surface area contributed by atoms with Gasteiger partial charge in [0.15, 0.2) is 0 Å². The lowest BCUT2D eigenvalue weighted by molar-refractivity contribution is -0.384. The highest BCUT2D eigenvalue weighted by atomic mass is 35.5. The van der Waals surface area contributed by atoms with Gasteiger partial charge in [0.05, 0.1) is 26.8 Å². The highest BCUT2D eigenvalue weighted by Crippen LogP contribution is 2.36. The summed E-state index contributed by atoms with van der Waals surface area (Å²) in [6.45, 7) is 1.74. The molecule has 110 valence electrons. The quantitative estimate of drug-likeness (QED) is 0.483. The SMILES string of the molecule is Cc1cccc2c1C(=O)N(c1ccc([N+](=O)[O-])cc1Cl)C2=O. The van der Waals surface area contributed by atoms with E-state index in [4.69, 9.17) is 11.6 Å². The van der Waals surface area contributed by atoms with Gasteiger partial charge >= 0.3 is 0 Å². The number of carbonyl (C=O) groups is 2. The summed E-state index contributed by atoms with van der Waals surface area (Å²) in [5.41, 5.74) is 1.26. The molecule has 22 heavy (non-hydrogen) atoms. The van der Waals surface area contributed by atoms with E-state index in [1.54, 1.807) is 25.1 Å². The molecule has 0 bridgehead atoms. The minimum absolute atomic E-state index is 0.0265. The van der Waals surface area contributed by atoms with Gasteiger partial charge in [-0.3, -0.25) is 19.7 Å². The van der Waals surface area contributed by atoms with Crippen molar-refractivity contribution in [1.82, 2.24) is 0 Å². The Kier molecular flexibility index (Phi) is 3.18. The number of nitrogens with zero attached hydrogens (tertiary/aromatic N) is 2. The summed E-state index contributed by atoms with van der Waals surface area (Å²) in [6, 6.07) is 8.63. The number of fused-ring (bicyclic) bond motifs is 1. The van der Waals surface area contributed by atoms with Crippen LogP contribution in [-0.4, -0.2) is 16.7 Å². The fourth-order valence-electron chi connectivity index (χ4n) is 2.46. The van der Waals surface area contributed by atoms with Crippen molar-refractivity contribution in [1.29, 1.82) is 0 Å². The summed E-state index contributed by atoms with van der Waals surface area (Å²) in [5, 5.41) is 10.7. The molecule has 1 aliphatic heterocycles. The average molecular weight is 317 g/mol. The van der Waals surface area contributed by atoms with Crippen molar-refractivity contribution in [3.8, 4) is 0 Å². The second-order valence-corrected chi connectivity index (χ2v) is 5.24. The van der Waals surface area contributed by atoms with Gasteiger partial charge in [0.2, 0.25) is 0 Å². The van der Waals surface area contributed by atoms with Crippen LogP contribution in [0.1, 0.15) is 26.3 Å². The van der Waals surface area contributed by atoms with Gasteiger partial charge in [0.25, 0.3) is 17.5 Å². The number of non-ortho nitro benzene ring substituents is 1. The van der Waals surface area contributed by atoms with E-state index in [2.05, 4.69) is 0 Å².